The number of carbonyl (C=O) groups is 2. The molecule has 0 bridgehead atoms. The van der Waals surface area contributed by atoms with Gasteiger partial charge in [-0.15, -0.1) is 0 Å². The Kier molecular flexibility index (Phi) is 7.02. The van der Waals surface area contributed by atoms with Crippen LogP contribution >= 0.6 is 11.6 Å². The minimum atomic E-state index is -0.527. The van der Waals surface area contributed by atoms with Crippen molar-refractivity contribution in [3.63, 3.8) is 0 Å². The Hall–Kier alpha value is -2.33. The summed E-state index contributed by atoms with van der Waals surface area (Å²) < 4.78 is 0. The Morgan fingerprint density at radius 2 is 1.76 bits per heavy atom. The number of hydrogen-bond donors (Lipinski definition) is 1. The minimum absolute atomic E-state index is 0.0886. The van der Waals surface area contributed by atoms with Gasteiger partial charge in [-0.1, -0.05) is 54.1 Å². The number of halogens is 1. The van der Waals surface area contributed by atoms with E-state index >= 15 is 0 Å². The third kappa shape index (κ3) is 5.61. The number of benzene rings is 2. The van der Waals surface area contributed by atoms with Crippen LogP contribution < -0.4 is 5.32 Å². The first kappa shape index (κ1) is 19.0. The zero-order chi connectivity index (χ0) is 18.2. The van der Waals surface area contributed by atoms with Crippen molar-refractivity contribution in [2.24, 2.45) is 0 Å². The number of likely N-dealkylation sites (N-methyl/N-ethyl adjacent to an activating group) is 1. The molecule has 0 aromatic heterocycles. The highest BCUT2D eigenvalue weighted by Crippen LogP contribution is 2.14. The summed E-state index contributed by atoms with van der Waals surface area (Å²) in [7, 11) is 1.58. The van der Waals surface area contributed by atoms with Gasteiger partial charge in [0.2, 0.25) is 11.8 Å². The second-order valence-corrected chi connectivity index (χ2v) is 6.36. The lowest BCUT2D eigenvalue weighted by atomic mass is 10.1. The molecule has 2 aromatic carbocycles. The van der Waals surface area contributed by atoms with E-state index in [1.807, 2.05) is 42.5 Å². The van der Waals surface area contributed by atoms with E-state index < -0.39 is 6.04 Å². The second-order valence-electron chi connectivity index (χ2n) is 5.92. The molecule has 0 heterocycles. The van der Waals surface area contributed by atoms with Crippen LogP contribution in [0.25, 0.3) is 0 Å². The van der Waals surface area contributed by atoms with Gasteiger partial charge in [0.05, 0.1) is 6.42 Å². The van der Waals surface area contributed by atoms with Gasteiger partial charge in [-0.05, 0) is 36.6 Å². The van der Waals surface area contributed by atoms with Crippen molar-refractivity contribution in [1.29, 1.82) is 0 Å². The zero-order valence-corrected chi connectivity index (χ0v) is 15.3. The van der Waals surface area contributed by atoms with Crippen LogP contribution in [0.3, 0.4) is 0 Å². The van der Waals surface area contributed by atoms with Crippen LogP contribution in [-0.4, -0.2) is 36.3 Å². The molecule has 0 radical (unpaired) electrons. The van der Waals surface area contributed by atoms with E-state index in [0.717, 1.165) is 11.1 Å². The highest BCUT2D eigenvalue weighted by Gasteiger charge is 2.25. The third-order valence-corrected chi connectivity index (χ3v) is 4.38. The fourth-order valence-electron chi connectivity index (χ4n) is 2.70. The molecule has 0 aliphatic carbocycles. The predicted molar refractivity (Wildman–Crippen MR) is 101 cm³/mol. The molecule has 25 heavy (non-hydrogen) atoms. The number of amides is 2. The summed E-state index contributed by atoms with van der Waals surface area (Å²) in [6.45, 7) is 2.23. The lowest BCUT2D eigenvalue weighted by Crippen LogP contribution is -2.48. The van der Waals surface area contributed by atoms with E-state index in [1.165, 1.54) is 0 Å². The average Bonchev–Trinajstić information content (AvgIpc) is 2.62. The van der Waals surface area contributed by atoms with E-state index in [0.29, 0.717) is 18.0 Å². The van der Waals surface area contributed by atoms with Crippen molar-refractivity contribution in [2.45, 2.75) is 25.8 Å². The molecular weight excluding hydrogens is 336 g/mol. The molecule has 1 N–H and O–H groups in total. The number of nitrogens with one attached hydrogen (secondary N) is 1. The fraction of sp³-hybridized carbons (Fsp3) is 0.300. The maximum absolute atomic E-state index is 12.8. The third-order valence-electron chi connectivity index (χ3n) is 4.14. The topological polar surface area (TPSA) is 49.4 Å². The molecule has 132 valence electrons. The maximum Gasteiger partial charge on any atom is 0.242 e. The van der Waals surface area contributed by atoms with Crippen molar-refractivity contribution < 1.29 is 9.59 Å². The van der Waals surface area contributed by atoms with Crippen molar-refractivity contribution in [3.05, 3.63) is 70.7 Å². The Labute approximate surface area is 153 Å². The minimum Gasteiger partial charge on any atom is -0.357 e. The first-order valence-corrected chi connectivity index (χ1v) is 8.68. The standard InChI is InChI=1S/C20H23ClN2O2/c1-15(20(25)22-2)23(12-11-16-7-4-3-5-8-16)19(24)14-17-9-6-10-18(21)13-17/h3-10,13,15H,11-12,14H2,1-2H3,(H,22,25). The molecule has 2 amide bonds. The summed E-state index contributed by atoms with van der Waals surface area (Å²) in [6.07, 6.45) is 0.917. The highest BCUT2D eigenvalue weighted by atomic mass is 35.5. The maximum atomic E-state index is 12.8. The molecule has 0 saturated carbocycles. The SMILES string of the molecule is CNC(=O)C(C)N(CCc1ccccc1)C(=O)Cc1cccc(Cl)c1. The van der Waals surface area contributed by atoms with E-state index in [4.69, 9.17) is 11.6 Å². The molecule has 0 spiro atoms. The van der Waals surface area contributed by atoms with E-state index in [-0.39, 0.29) is 18.2 Å². The Bertz CT molecular complexity index is 719. The van der Waals surface area contributed by atoms with Gasteiger partial charge < -0.3 is 10.2 Å². The van der Waals surface area contributed by atoms with Crippen LogP contribution in [0.5, 0.6) is 0 Å². The van der Waals surface area contributed by atoms with Crippen LogP contribution in [-0.2, 0) is 22.4 Å². The lowest BCUT2D eigenvalue weighted by molar-refractivity contribution is -0.139. The predicted octanol–water partition coefficient (Wildman–Crippen LogP) is 3.09. The van der Waals surface area contributed by atoms with Crippen molar-refractivity contribution in [1.82, 2.24) is 10.2 Å². The zero-order valence-electron chi connectivity index (χ0n) is 14.5. The number of rotatable bonds is 7. The first-order valence-electron chi connectivity index (χ1n) is 8.30. The van der Waals surface area contributed by atoms with Gasteiger partial charge in [0.15, 0.2) is 0 Å². The van der Waals surface area contributed by atoms with E-state index in [2.05, 4.69) is 5.32 Å². The van der Waals surface area contributed by atoms with Gasteiger partial charge in [-0.2, -0.15) is 0 Å². The molecule has 2 aromatic rings. The number of hydrogen-bond acceptors (Lipinski definition) is 2. The summed E-state index contributed by atoms with van der Waals surface area (Å²) in [4.78, 5) is 26.5. The largest absolute Gasteiger partial charge is 0.357 e. The van der Waals surface area contributed by atoms with Crippen molar-refractivity contribution in [2.75, 3.05) is 13.6 Å². The van der Waals surface area contributed by atoms with Crippen molar-refractivity contribution >= 4 is 23.4 Å². The van der Waals surface area contributed by atoms with E-state index in [9.17, 15) is 9.59 Å². The van der Waals surface area contributed by atoms with Gasteiger partial charge in [-0.3, -0.25) is 9.59 Å². The fourth-order valence-corrected chi connectivity index (χ4v) is 2.91. The molecule has 0 saturated heterocycles. The van der Waals surface area contributed by atoms with Crippen LogP contribution in [0, 0.1) is 0 Å². The molecular formula is C20H23ClN2O2. The van der Waals surface area contributed by atoms with Gasteiger partial charge in [0, 0.05) is 18.6 Å². The van der Waals surface area contributed by atoms with Crippen molar-refractivity contribution in [3.8, 4) is 0 Å². The van der Waals surface area contributed by atoms with Gasteiger partial charge >= 0.3 is 0 Å². The second kappa shape index (κ2) is 9.23. The van der Waals surface area contributed by atoms with Crippen LogP contribution in [0.15, 0.2) is 54.6 Å². The molecule has 0 aliphatic heterocycles. The molecule has 0 fully saturated rings. The van der Waals surface area contributed by atoms with Crippen LogP contribution in [0.2, 0.25) is 5.02 Å². The summed E-state index contributed by atoms with van der Waals surface area (Å²) in [5.74, 6) is -0.262. The molecule has 1 unspecified atom stereocenters. The normalized spacial score (nSPS) is 11.6. The molecule has 1 atom stereocenters. The van der Waals surface area contributed by atoms with E-state index in [1.54, 1.807) is 31.0 Å². The molecule has 4 nitrogen and oxygen atoms in total. The van der Waals surface area contributed by atoms with Crippen LogP contribution in [0.1, 0.15) is 18.1 Å². The Morgan fingerprint density at radius 3 is 2.40 bits per heavy atom. The van der Waals surface area contributed by atoms with Gasteiger partial charge in [0.25, 0.3) is 0 Å². The summed E-state index contributed by atoms with van der Waals surface area (Å²) in [5.41, 5.74) is 1.97. The van der Waals surface area contributed by atoms with Gasteiger partial charge in [0.1, 0.15) is 6.04 Å². The number of nitrogens with zero attached hydrogens (tertiary/aromatic N) is 1. The number of carbonyl (C=O) groups excluding carboxylic acids is 2. The average molecular weight is 359 g/mol. The summed E-state index contributed by atoms with van der Waals surface area (Å²) in [5, 5.41) is 3.21. The quantitative estimate of drug-likeness (QED) is 0.826. The molecule has 0 aliphatic rings. The smallest absolute Gasteiger partial charge is 0.242 e. The highest BCUT2D eigenvalue weighted by molar-refractivity contribution is 6.30. The van der Waals surface area contributed by atoms with Crippen LogP contribution in [0.4, 0.5) is 0 Å². The molecule has 2 rings (SSSR count). The lowest BCUT2D eigenvalue weighted by Gasteiger charge is -2.28. The Balaban J connectivity index is 2.12. The summed E-state index contributed by atoms with van der Waals surface area (Å²) in [6, 6.07) is 16.6. The summed E-state index contributed by atoms with van der Waals surface area (Å²) >= 11 is 6.00. The monoisotopic (exact) mass is 358 g/mol. The molecule has 5 heteroatoms. The van der Waals surface area contributed by atoms with Gasteiger partial charge in [-0.25, -0.2) is 0 Å². The Morgan fingerprint density at radius 1 is 1.08 bits per heavy atom. The first-order chi connectivity index (χ1) is 12.0.